The molecule has 1 nitrogen and oxygen atoms in total. The van der Waals surface area contributed by atoms with E-state index in [9.17, 15) is 0 Å². The van der Waals surface area contributed by atoms with Crippen LogP contribution < -0.4 is 0 Å². The lowest BCUT2D eigenvalue weighted by molar-refractivity contribution is 0.428. The molecule has 0 saturated carbocycles. The monoisotopic (exact) mass is 151 g/mol. The average Bonchev–Trinajstić information content (AvgIpc) is 2.40. The molecule has 0 spiro atoms. The molecule has 0 N–H and O–H groups in total. The molecule has 11 heavy (non-hydrogen) atoms. The first-order chi connectivity index (χ1) is 5.25. The number of hydrogen-bond donors (Lipinski definition) is 0. The third-order valence-electron chi connectivity index (χ3n) is 2.30. The van der Waals surface area contributed by atoms with E-state index in [0.29, 0.717) is 5.92 Å². The van der Waals surface area contributed by atoms with Crippen molar-refractivity contribution in [2.75, 3.05) is 0 Å². The third-order valence-corrected chi connectivity index (χ3v) is 2.30. The van der Waals surface area contributed by atoms with Crippen LogP contribution in [0.2, 0.25) is 0 Å². The molecule has 0 amide bonds. The summed E-state index contributed by atoms with van der Waals surface area (Å²) in [6.07, 6.45) is 6.49. The van der Waals surface area contributed by atoms with Crippen molar-refractivity contribution in [3.8, 4) is 0 Å². The zero-order valence-electron chi connectivity index (χ0n) is 7.67. The maximum absolute atomic E-state index is 4.36. The van der Waals surface area contributed by atoms with E-state index in [0.717, 1.165) is 12.3 Å². The Labute approximate surface area is 69.2 Å². The summed E-state index contributed by atoms with van der Waals surface area (Å²) in [6, 6.07) is 0. The van der Waals surface area contributed by atoms with Crippen LogP contribution in [0.1, 0.15) is 33.6 Å². The fourth-order valence-electron chi connectivity index (χ4n) is 1.65. The maximum atomic E-state index is 4.36. The Balaban J connectivity index is 2.61. The molecule has 0 aromatic rings. The van der Waals surface area contributed by atoms with Crippen LogP contribution in [0.25, 0.3) is 0 Å². The Kier molecular flexibility index (Phi) is 2.86. The standard InChI is InChI=1S/C10H17N/c1-4-9(8(2)3)10-6-5-7-11-10/h6-9H,4-5H2,1-3H3. The lowest BCUT2D eigenvalue weighted by Crippen LogP contribution is -2.08. The van der Waals surface area contributed by atoms with E-state index in [1.807, 2.05) is 6.21 Å². The Morgan fingerprint density at radius 2 is 2.27 bits per heavy atom. The van der Waals surface area contributed by atoms with Crippen LogP contribution in [0.5, 0.6) is 0 Å². The van der Waals surface area contributed by atoms with E-state index in [1.165, 1.54) is 12.1 Å². The summed E-state index contributed by atoms with van der Waals surface area (Å²) in [6.45, 7) is 6.77. The van der Waals surface area contributed by atoms with E-state index >= 15 is 0 Å². The molecule has 1 heteroatoms. The Morgan fingerprint density at radius 3 is 2.64 bits per heavy atom. The second kappa shape index (κ2) is 3.70. The summed E-state index contributed by atoms with van der Waals surface area (Å²) in [7, 11) is 0. The first-order valence-electron chi connectivity index (χ1n) is 4.48. The number of aliphatic imine (C=N–C) groups is 1. The van der Waals surface area contributed by atoms with Crippen LogP contribution in [-0.2, 0) is 0 Å². The molecular weight excluding hydrogens is 134 g/mol. The van der Waals surface area contributed by atoms with Gasteiger partial charge in [-0.25, -0.2) is 0 Å². The van der Waals surface area contributed by atoms with Crippen molar-refractivity contribution in [1.82, 2.24) is 0 Å². The van der Waals surface area contributed by atoms with Crippen molar-refractivity contribution >= 4 is 6.21 Å². The highest BCUT2D eigenvalue weighted by molar-refractivity contribution is 5.64. The molecule has 0 aromatic heterocycles. The Morgan fingerprint density at radius 1 is 1.55 bits per heavy atom. The highest BCUT2D eigenvalue weighted by atomic mass is 14.8. The van der Waals surface area contributed by atoms with E-state index in [4.69, 9.17) is 0 Å². The van der Waals surface area contributed by atoms with Gasteiger partial charge >= 0.3 is 0 Å². The summed E-state index contributed by atoms with van der Waals surface area (Å²) in [5, 5.41) is 0. The predicted molar refractivity (Wildman–Crippen MR) is 49.8 cm³/mol. The second-order valence-corrected chi connectivity index (χ2v) is 3.44. The normalized spacial score (nSPS) is 19.1. The molecule has 62 valence electrons. The van der Waals surface area contributed by atoms with E-state index in [-0.39, 0.29) is 0 Å². The second-order valence-electron chi connectivity index (χ2n) is 3.44. The molecule has 1 heterocycles. The van der Waals surface area contributed by atoms with Gasteiger partial charge in [0.1, 0.15) is 0 Å². The quantitative estimate of drug-likeness (QED) is 0.588. The van der Waals surface area contributed by atoms with Gasteiger partial charge in [-0.15, -0.1) is 0 Å². The lowest BCUT2D eigenvalue weighted by atomic mass is 9.90. The van der Waals surface area contributed by atoms with Crippen molar-refractivity contribution in [3.05, 3.63) is 11.8 Å². The van der Waals surface area contributed by atoms with E-state index < -0.39 is 0 Å². The molecule has 0 bridgehead atoms. The molecule has 0 aromatic carbocycles. The minimum absolute atomic E-state index is 0.675. The molecule has 0 fully saturated rings. The Hall–Kier alpha value is -0.590. The van der Waals surface area contributed by atoms with Crippen molar-refractivity contribution in [3.63, 3.8) is 0 Å². The van der Waals surface area contributed by atoms with Gasteiger partial charge in [-0.2, -0.15) is 0 Å². The molecular formula is C10H17N. The van der Waals surface area contributed by atoms with E-state index in [2.05, 4.69) is 31.8 Å². The molecule has 0 aliphatic carbocycles. The van der Waals surface area contributed by atoms with Crippen LogP contribution in [0.3, 0.4) is 0 Å². The smallest absolute Gasteiger partial charge is 0.0397 e. The molecule has 1 unspecified atom stereocenters. The zero-order valence-corrected chi connectivity index (χ0v) is 7.67. The van der Waals surface area contributed by atoms with Gasteiger partial charge in [0.2, 0.25) is 0 Å². The van der Waals surface area contributed by atoms with Crippen LogP contribution in [0, 0.1) is 11.8 Å². The van der Waals surface area contributed by atoms with Gasteiger partial charge in [-0.1, -0.05) is 26.8 Å². The van der Waals surface area contributed by atoms with Gasteiger partial charge in [0.25, 0.3) is 0 Å². The average molecular weight is 151 g/mol. The van der Waals surface area contributed by atoms with Gasteiger partial charge in [0, 0.05) is 24.3 Å². The van der Waals surface area contributed by atoms with Crippen LogP contribution in [0.15, 0.2) is 16.8 Å². The first kappa shape index (κ1) is 8.51. The highest BCUT2D eigenvalue weighted by Gasteiger charge is 2.16. The van der Waals surface area contributed by atoms with Crippen molar-refractivity contribution in [1.29, 1.82) is 0 Å². The zero-order chi connectivity index (χ0) is 8.27. The number of nitrogens with zero attached hydrogens (tertiary/aromatic N) is 1. The molecule has 1 rings (SSSR count). The minimum atomic E-state index is 0.675. The highest BCUT2D eigenvalue weighted by Crippen LogP contribution is 2.26. The fourth-order valence-corrected chi connectivity index (χ4v) is 1.65. The summed E-state index contributed by atoms with van der Waals surface area (Å²) < 4.78 is 0. The summed E-state index contributed by atoms with van der Waals surface area (Å²) in [4.78, 5) is 4.36. The van der Waals surface area contributed by atoms with Gasteiger partial charge in [0.05, 0.1) is 0 Å². The maximum Gasteiger partial charge on any atom is 0.0397 e. The van der Waals surface area contributed by atoms with Crippen molar-refractivity contribution < 1.29 is 0 Å². The number of hydrogen-bond acceptors (Lipinski definition) is 1. The molecule has 1 aliphatic rings. The lowest BCUT2D eigenvalue weighted by Gasteiger charge is -2.17. The fraction of sp³-hybridized carbons (Fsp3) is 0.700. The molecule has 0 radical (unpaired) electrons. The number of rotatable bonds is 3. The van der Waals surface area contributed by atoms with Gasteiger partial charge in [-0.05, 0) is 12.3 Å². The van der Waals surface area contributed by atoms with Crippen molar-refractivity contribution in [2.45, 2.75) is 33.6 Å². The predicted octanol–water partition coefficient (Wildman–Crippen LogP) is 3.03. The number of allylic oxidation sites excluding steroid dienone is 2. The largest absolute Gasteiger partial charge is 0.265 e. The van der Waals surface area contributed by atoms with Gasteiger partial charge < -0.3 is 0 Å². The topological polar surface area (TPSA) is 12.4 Å². The Bertz CT molecular complexity index is 177. The SMILES string of the molecule is CCC(C1=CCC=N1)C(C)C. The van der Waals surface area contributed by atoms with Crippen LogP contribution in [0.4, 0.5) is 0 Å². The third kappa shape index (κ3) is 1.92. The van der Waals surface area contributed by atoms with E-state index in [1.54, 1.807) is 0 Å². The van der Waals surface area contributed by atoms with Gasteiger partial charge in [0.15, 0.2) is 0 Å². The molecule has 1 atom stereocenters. The first-order valence-corrected chi connectivity index (χ1v) is 4.48. The summed E-state index contributed by atoms with van der Waals surface area (Å²) >= 11 is 0. The summed E-state index contributed by atoms with van der Waals surface area (Å²) in [5.41, 5.74) is 1.31. The molecule has 0 saturated heterocycles. The summed E-state index contributed by atoms with van der Waals surface area (Å²) in [5.74, 6) is 1.40. The molecule has 1 aliphatic heterocycles. The van der Waals surface area contributed by atoms with Gasteiger partial charge in [-0.3, -0.25) is 4.99 Å². The van der Waals surface area contributed by atoms with Crippen molar-refractivity contribution in [2.24, 2.45) is 16.8 Å². The van der Waals surface area contributed by atoms with Crippen LogP contribution >= 0.6 is 0 Å². The minimum Gasteiger partial charge on any atom is -0.265 e. The van der Waals surface area contributed by atoms with Crippen LogP contribution in [-0.4, -0.2) is 6.21 Å².